The number of halogens is 3. The van der Waals surface area contributed by atoms with Gasteiger partial charge in [0.05, 0.1) is 0 Å². The highest BCUT2D eigenvalue weighted by molar-refractivity contribution is 5.95. The zero-order valence-corrected chi connectivity index (χ0v) is 14.1. The van der Waals surface area contributed by atoms with E-state index in [1.165, 1.54) is 24.3 Å². The van der Waals surface area contributed by atoms with Gasteiger partial charge in [0.2, 0.25) is 0 Å². The standard InChI is InChI=1S/C18H22F3NO3/c1-17(24,18(19,20)21)13-4-2-12(3-5-13)16(23)22(14-6-7-14)15-8-10-25-11-9-15/h2-5,14-15,24H,6-11H2,1H3/t17-/m0/s1. The number of alkyl halides is 3. The molecule has 1 N–H and O–H groups in total. The van der Waals surface area contributed by atoms with Crippen molar-refractivity contribution in [1.82, 2.24) is 4.90 Å². The Morgan fingerprint density at radius 2 is 1.60 bits per heavy atom. The summed E-state index contributed by atoms with van der Waals surface area (Å²) >= 11 is 0. The Balaban J connectivity index is 1.79. The highest BCUT2D eigenvalue weighted by Crippen LogP contribution is 2.39. The number of hydrogen-bond acceptors (Lipinski definition) is 3. The lowest BCUT2D eigenvalue weighted by Gasteiger charge is -2.34. The van der Waals surface area contributed by atoms with E-state index in [4.69, 9.17) is 4.74 Å². The molecule has 4 nitrogen and oxygen atoms in total. The van der Waals surface area contributed by atoms with Gasteiger partial charge in [0.1, 0.15) is 0 Å². The van der Waals surface area contributed by atoms with Crippen molar-refractivity contribution in [3.8, 4) is 0 Å². The molecule has 0 unspecified atom stereocenters. The minimum atomic E-state index is -4.78. The number of aliphatic hydroxyl groups is 1. The first-order valence-electron chi connectivity index (χ1n) is 8.52. The molecule has 2 aliphatic rings. The lowest BCUT2D eigenvalue weighted by atomic mass is 9.94. The van der Waals surface area contributed by atoms with Crippen molar-refractivity contribution < 1.29 is 27.8 Å². The fourth-order valence-corrected chi connectivity index (χ4v) is 3.20. The Morgan fingerprint density at radius 1 is 1.08 bits per heavy atom. The third-order valence-corrected chi connectivity index (χ3v) is 5.00. The summed E-state index contributed by atoms with van der Waals surface area (Å²) in [6.07, 6.45) is -1.29. The molecule has 1 heterocycles. The maximum absolute atomic E-state index is 12.9. The van der Waals surface area contributed by atoms with Crippen LogP contribution < -0.4 is 0 Å². The van der Waals surface area contributed by atoms with Crippen LogP contribution >= 0.6 is 0 Å². The Morgan fingerprint density at radius 3 is 2.08 bits per heavy atom. The van der Waals surface area contributed by atoms with E-state index in [0.717, 1.165) is 25.7 Å². The minimum Gasteiger partial charge on any atom is -0.381 e. The van der Waals surface area contributed by atoms with Crippen LogP contribution in [0.2, 0.25) is 0 Å². The summed E-state index contributed by atoms with van der Waals surface area (Å²) in [5, 5.41) is 9.73. The molecule has 1 aromatic rings. The van der Waals surface area contributed by atoms with Crippen LogP contribution in [0.5, 0.6) is 0 Å². The molecule has 1 saturated heterocycles. The predicted octanol–water partition coefficient (Wildman–Crippen LogP) is 3.24. The molecule has 0 spiro atoms. The van der Waals surface area contributed by atoms with E-state index in [0.29, 0.717) is 25.7 Å². The summed E-state index contributed by atoms with van der Waals surface area (Å²) < 4.78 is 44.1. The SMILES string of the molecule is C[C@](O)(c1ccc(C(=O)N(C2CCOCC2)C2CC2)cc1)C(F)(F)F. The summed E-state index contributed by atoms with van der Waals surface area (Å²) in [7, 11) is 0. The maximum atomic E-state index is 12.9. The number of carbonyl (C=O) groups is 1. The fourth-order valence-electron chi connectivity index (χ4n) is 3.20. The summed E-state index contributed by atoms with van der Waals surface area (Å²) in [4.78, 5) is 14.8. The Labute approximate surface area is 144 Å². The fraction of sp³-hybridized carbons (Fsp3) is 0.611. The second-order valence-electron chi connectivity index (χ2n) is 6.93. The van der Waals surface area contributed by atoms with Gasteiger partial charge in [-0.2, -0.15) is 13.2 Å². The van der Waals surface area contributed by atoms with Crippen molar-refractivity contribution in [1.29, 1.82) is 0 Å². The molecule has 1 saturated carbocycles. The summed E-state index contributed by atoms with van der Waals surface area (Å²) in [6.45, 7) is 1.95. The molecule has 2 fully saturated rings. The van der Waals surface area contributed by atoms with Crippen LogP contribution in [0.3, 0.4) is 0 Å². The topological polar surface area (TPSA) is 49.8 Å². The van der Waals surface area contributed by atoms with Gasteiger partial charge in [-0.15, -0.1) is 0 Å². The monoisotopic (exact) mass is 357 g/mol. The molecule has 1 amide bonds. The Hall–Kier alpha value is -1.60. The number of benzene rings is 1. The van der Waals surface area contributed by atoms with Crippen LogP contribution in [-0.2, 0) is 10.3 Å². The first-order chi connectivity index (χ1) is 11.7. The van der Waals surface area contributed by atoms with Crippen molar-refractivity contribution in [3.63, 3.8) is 0 Å². The molecule has 1 aliphatic heterocycles. The molecule has 0 radical (unpaired) electrons. The zero-order chi connectivity index (χ0) is 18.2. The number of nitrogens with zero attached hydrogens (tertiary/aromatic N) is 1. The summed E-state index contributed by atoms with van der Waals surface area (Å²) in [6, 6.07) is 5.42. The van der Waals surface area contributed by atoms with Crippen LogP contribution in [0.1, 0.15) is 48.5 Å². The van der Waals surface area contributed by atoms with Gasteiger partial charge in [-0.25, -0.2) is 0 Å². The van der Waals surface area contributed by atoms with Crippen LogP contribution in [0.15, 0.2) is 24.3 Å². The van der Waals surface area contributed by atoms with Gasteiger partial charge in [0, 0.05) is 30.9 Å². The Bertz CT molecular complexity index is 617. The minimum absolute atomic E-state index is 0.117. The van der Waals surface area contributed by atoms with Crippen LogP contribution in [-0.4, -0.2) is 47.4 Å². The average molecular weight is 357 g/mol. The van der Waals surface area contributed by atoms with E-state index in [2.05, 4.69) is 0 Å². The van der Waals surface area contributed by atoms with Crippen molar-refractivity contribution in [2.75, 3.05) is 13.2 Å². The number of hydrogen-bond donors (Lipinski definition) is 1. The number of ether oxygens (including phenoxy) is 1. The molecule has 7 heteroatoms. The summed E-state index contributed by atoms with van der Waals surface area (Å²) in [5.74, 6) is -0.160. The molecule has 138 valence electrons. The van der Waals surface area contributed by atoms with E-state index in [-0.39, 0.29) is 23.6 Å². The first kappa shape index (κ1) is 18.2. The maximum Gasteiger partial charge on any atom is 0.421 e. The lowest BCUT2D eigenvalue weighted by Crippen LogP contribution is -2.45. The van der Waals surface area contributed by atoms with Gasteiger partial charge < -0.3 is 14.7 Å². The largest absolute Gasteiger partial charge is 0.421 e. The lowest BCUT2D eigenvalue weighted by molar-refractivity contribution is -0.258. The van der Waals surface area contributed by atoms with E-state index >= 15 is 0 Å². The molecule has 0 aromatic heterocycles. The molecule has 1 atom stereocenters. The summed E-state index contributed by atoms with van der Waals surface area (Å²) in [5.41, 5.74) is -2.87. The highest BCUT2D eigenvalue weighted by atomic mass is 19.4. The molecule has 1 aromatic carbocycles. The predicted molar refractivity (Wildman–Crippen MR) is 85.1 cm³/mol. The van der Waals surface area contributed by atoms with Gasteiger partial charge in [-0.1, -0.05) is 12.1 Å². The van der Waals surface area contributed by atoms with Crippen LogP contribution in [0, 0.1) is 0 Å². The van der Waals surface area contributed by atoms with Gasteiger partial charge in [0.15, 0.2) is 5.60 Å². The van der Waals surface area contributed by atoms with E-state index < -0.39 is 11.8 Å². The molecular weight excluding hydrogens is 335 g/mol. The van der Waals surface area contributed by atoms with Crippen molar-refractivity contribution >= 4 is 5.91 Å². The van der Waals surface area contributed by atoms with E-state index in [9.17, 15) is 23.1 Å². The normalized spacial score (nSPS) is 21.6. The van der Waals surface area contributed by atoms with Crippen LogP contribution in [0.25, 0.3) is 0 Å². The van der Waals surface area contributed by atoms with Gasteiger partial charge in [-0.3, -0.25) is 4.79 Å². The van der Waals surface area contributed by atoms with Gasteiger partial charge >= 0.3 is 6.18 Å². The smallest absolute Gasteiger partial charge is 0.381 e. The second-order valence-corrected chi connectivity index (χ2v) is 6.93. The van der Waals surface area contributed by atoms with Crippen molar-refractivity contribution in [2.24, 2.45) is 0 Å². The average Bonchev–Trinajstić information content (AvgIpc) is 3.40. The van der Waals surface area contributed by atoms with Crippen LogP contribution in [0.4, 0.5) is 13.2 Å². The van der Waals surface area contributed by atoms with Gasteiger partial charge in [0.25, 0.3) is 5.91 Å². The van der Waals surface area contributed by atoms with Gasteiger partial charge in [-0.05, 0) is 50.3 Å². The van der Waals surface area contributed by atoms with Crippen molar-refractivity contribution in [2.45, 2.75) is 56.5 Å². The molecule has 0 bridgehead atoms. The Kier molecular flexibility index (Phi) is 4.81. The van der Waals surface area contributed by atoms with E-state index in [1.54, 1.807) is 0 Å². The second kappa shape index (κ2) is 6.61. The number of amides is 1. The quantitative estimate of drug-likeness (QED) is 0.900. The first-order valence-corrected chi connectivity index (χ1v) is 8.52. The molecular formula is C18H22F3NO3. The number of carbonyl (C=O) groups excluding carboxylic acids is 1. The highest BCUT2D eigenvalue weighted by Gasteiger charge is 2.51. The third-order valence-electron chi connectivity index (χ3n) is 5.00. The molecule has 25 heavy (non-hydrogen) atoms. The van der Waals surface area contributed by atoms with Crippen molar-refractivity contribution in [3.05, 3.63) is 35.4 Å². The molecule has 1 aliphatic carbocycles. The third kappa shape index (κ3) is 3.67. The number of rotatable bonds is 4. The zero-order valence-electron chi connectivity index (χ0n) is 14.1. The molecule has 3 rings (SSSR count). The van der Waals surface area contributed by atoms with E-state index in [1.807, 2.05) is 4.90 Å².